The Hall–Kier alpha value is -1.92. The highest BCUT2D eigenvalue weighted by molar-refractivity contribution is 6.06. The van der Waals surface area contributed by atoms with Gasteiger partial charge in [0, 0.05) is 12.5 Å². The summed E-state index contributed by atoms with van der Waals surface area (Å²) < 4.78 is 56.4. The fraction of sp³-hybridized carbons (Fsp3) is 0.333. The molecule has 0 radical (unpaired) electrons. The van der Waals surface area contributed by atoms with Crippen LogP contribution in [0.2, 0.25) is 0 Å². The third-order valence-corrected chi connectivity index (χ3v) is 2.25. The number of rotatable bonds is 5. The second-order valence-corrected chi connectivity index (χ2v) is 3.63. The molecule has 0 heterocycles. The molecule has 0 aliphatic carbocycles. The van der Waals surface area contributed by atoms with Crippen LogP contribution in [0.3, 0.4) is 0 Å². The summed E-state index contributed by atoms with van der Waals surface area (Å²) in [5, 5.41) is 0. The zero-order valence-electron chi connectivity index (χ0n) is 9.88. The monoisotopic (exact) mass is 278 g/mol. The Morgan fingerprint density at radius 2 is 1.89 bits per heavy atom. The molecule has 1 rings (SSSR count). The number of hydrogen-bond acceptors (Lipinski definition) is 3. The minimum atomic E-state index is -4.35. The maximum Gasteiger partial charge on any atom is 0.400 e. The molecule has 104 valence electrons. The SMILES string of the molecule is CCOC(=O)C(F)(F)C(=O)Cc1ccc(F)cc1F. The lowest BCUT2D eigenvalue weighted by molar-refractivity contribution is -0.176. The number of halogens is 4. The lowest BCUT2D eigenvalue weighted by atomic mass is 10.0. The average molecular weight is 278 g/mol. The van der Waals surface area contributed by atoms with E-state index in [2.05, 4.69) is 4.74 Å². The van der Waals surface area contributed by atoms with Gasteiger partial charge in [0.05, 0.1) is 6.61 Å². The molecule has 0 amide bonds. The first-order valence-electron chi connectivity index (χ1n) is 5.31. The average Bonchev–Trinajstić information content (AvgIpc) is 2.32. The zero-order chi connectivity index (χ0) is 14.6. The predicted molar refractivity (Wildman–Crippen MR) is 56.6 cm³/mol. The summed E-state index contributed by atoms with van der Waals surface area (Å²) in [6, 6.07) is 2.16. The van der Waals surface area contributed by atoms with Crippen molar-refractivity contribution in [2.45, 2.75) is 19.3 Å². The molecule has 3 nitrogen and oxygen atoms in total. The van der Waals surface area contributed by atoms with Crippen LogP contribution in [0.1, 0.15) is 12.5 Å². The number of ether oxygens (including phenoxy) is 1. The van der Waals surface area contributed by atoms with Gasteiger partial charge in [0.25, 0.3) is 0 Å². The van der Waals surface area contributed by atoms with Gasteiger partial charge in [0.1, 0.15) is 11.6 Å². The van der Waals surface area contributed by atoms with Crippen molar-refractivity contribution in [1.29, 1.82) is 0 Å². The molecule has 7 heteroatoms. The standard InChI is InChI=1S/C12H10F4O3/c1-2-19-11(18)12(15,16)10(17)5-7-3-4-8(13)6-9(7)14/h3-4,6H,2,5H2,1H3. The fourth-order valence-electron chi connectivity index (χ4n) is 1.28. The van der Waals surface area contributed by atoms with Gasteiger partial charge in [0.15, 0.2) is 0 Å². The van der Waals surface area contributed by atoms with Crippen molar-refractivity contribution in [3.8, 4) is 0 Å². The highest BCUT2D eigenvalue weighted by Crippen LogP contribution is 2.21. The van der Waals surface area contributed by atoms with Crippen molar-refractivity contribution >= 4 is 11.8 Å². The van der Waals surface area contributed by atoms with Crippen LogP contribution in [-0.2, 0) is 20.7 Å². The molecule has 0 aliphatic rings. The highest BCUT2D eigenvalue weighted by Gasteiger charge is 2.48. The summed E-state index contributed by atoms with van der Waals surface area (Å²) in [6.45, 7) is 0.991. The van der Waals surface area contributed by atoms with E-state index in [1.165, 1.54) is 6.92 Å². The quantitative estimate of drug-likeness (QED) is 0.471. The van der Waals surface area contributed by atoms with Crippen molar-refractivity contribution in [1.82, 2.24) is 0 Å². The minimum absolute atomic E-state index is 0.313. The Morgan fingerprint density at radius 3 is 2.42 bits per heavy atom. The molecular weight excluding hydrogens is 268 g/mol. The smallest absolute Gasteiger partial charge is 0.400 e. The highest BCUT2D eigenvalue weighted by atomic mass is 19.3. The first kappa shape index (κ1) is 15.1. The molecule has 0 spiro atoms. The van der Waals surface area contributed by atoms with Crippen LogP contribution in [0.15, 0.2) is 18.2 Å². The van der Waals surface area contributed by atoms with Gasteiger partial charge < -0.3 is 4.74 Å². The van der Waals surface area contributed by atoms with Crippen LogP contribution in [0.25, 0.3) is 0 Å². The fourth-order valence-corrected chi connectivity index (χ4v) is 1.28. The molecule has 0 saturated heterocycles. The number of alkyl halides is 2. The molecular formula is C12H10F4O3. The Bertz CT molecular complexity index is 500. The van der Waals surface area contributed by atoms with E-state index in [1.54, 1.807) is 0 Å². The molecule has 0 atom stereocenters. The second-order valence-electron chi connectivity index (χ2n) is 3.63. The van der Waals surface area contributed by atoms with Gasteiger partial charge in [-0.15, -0.1) is 0 Å². The Labute approximate surface area is 106 Å². The van der Waals surface area contributed by atoms with E-state index in [0.29, 0.717) is 6.07 Å². The lowest BCUT2D eigenvalue weighted by Gasteiger charge is -2.13. The maximum absolute atomic E-state index is 13.3. The van der Waals surface area contributed by atoms with Crippen molar-refractivity contribution < 1.29 is 31.9 Å². The lowest BCUT2D eigenvalue weighted by Crippen LogP contribution is -2.40. The summed E-state index contributed by atoms with van der Waals surface area (Å²) in [5.74, 6) is -10.2. The summed E-state index contributed by atoms with van der Waals surface area (Å²) in [7, 11) is 0. The Morgan fingerprint density at radius 1 is 1.26 bits per heavy atom. The molecule has 19 heavy (non-hydrogen) atoms. The summed E-state index contributed by atoms with van der Waals surface area (Å²) in [4.78, 5) is 22.2. The normalized spacial score (nSPS) is 11.2. The van der Waals surface area contributed by atoms with Gasteiger partial charge in [0.2, 0.25) is 5.78 Å². The van der Waals surface area contributed by atoms with Crippen molar-refractivity contribution in [2.24, 2.45) is 0 Å². The van der Waals surface area contributed by atoms with E-state index in [9.17, 15) is 27.2 Å². The molecule has 1 aromatic carbocycles. The van der Waals surface area contributed by atoms with Gasteiger partial charge in [-0.1, -0.05) is 6.07 Å². The Balaban J connectivity index is 2.87. The number of benzene rings is 1. The van der Waals surface area contributed by atoms with E-state index in [0.717, 1.165) is 12.1 Å². The predicted octanol–water partition coefficient (Wildman–Crippen LogP) is 2.27. The van der Waals surface area contributed by atoms with Gasteiger partial charge >= 0.3 is 11.9 Å². The molecule has 0 unspecified atom stereocenters. The van der Waals surface area contributed by atoms with Gasteiger partial charge in [-0.2, -0.15) is 8.78 Å². The number of esters is 1. The summed E-state index contributed by atoms with van der Waals surface area (Å²) in [5.41, 5.74) is -0.421. The van der Waals surface area contributed by atoms with Crippen LogP contribution in [0.5, 0.6) is 0 Å². The minimum Gasteiger partial charge on any atom is -0.461 e. The molecule has 0 saturated carbocycles. The summed E-state index contributed by atoms with van der Waals surface area (Å²) >= 11 is 0. The van der Waals surface area contributed by atoms with E-state index >= 15 is 0 Å². The number of ketones is 1. The summed E-state index contributed by atoms with van der Waals surface area (Å²) in [6.07, 6.45) is -1.03. The largest absolute Gasteiger partial charge is 0.461 e. The second kappa shape index (κ2) is 5.81. The number of carbonyl (C=O) groups excluding carboxylic acids is 2. The number of carbonyl (C=O) groups is 2. The van der Waals surface area contributed by atoms with Crippen LogP contribution in [-0.4, -0.2) is 24.3 Å². The third-order valence-electron chi connectivity index (χ3n) is 2.25. The van der Waals surface area contributed by atoms with Gasteiger partial charge in [-0.3, -0.25) is 4.79 Å². The van der Waals surface area contributed by atoms with E-state index in [1.807, 2.05) is 0 Å². The molecule has 0 bridgehead atoms. The van der Waals surface area contributed by atoms with Gasteiger partial charge in [-0.05, 0) is 18.6 Å². The van der Waals surface area contributed by atoms with Crippen LogP contribution >= 0.6 is 0 Å². The maximum atomic E-state index is 13.3. The van der Waals surface area contributed by atoms with E-state index in [4.69, 9.17) is 0 Å². The molecule has 0 fully saturated rings. The van der Waals surface area contributed by atoms with Crippen molar-refractivity contribution in [2.75, 3.05) is 6.61 Å². The third kappa shape index (κ3) is 3.52. The van der Waals surface area contributed by atoms with Crippen LogP contribution in [0.4, 0.5) is 17.6 Å². The van der Waals surface area contributed by atoms with E-state index < -0.39 is 41.3 Å². The van der Waals surface area contributed by atoms with Crippen LogP contribution in [0, 0.1) is 11.6 Å². The van der Waals surface area contributed by atoms with Gasteiger partial charge in [-0.25, -0.2) is 13.6 Å². The van der Waals surface area contributed by atoms with Crippen molar-refractivity contribution in [3.05, 3.63) is 35.4 Å². The first-order chi connectivity index (χ1) is 8.78. The van der Waals surface area contributed by atoms with Crippen LogP contribution < -0.4 is 0 Å². The number of hydrogen-bond donors (Lipinski definition) is 0. The first-order valence-corrected chi connectivity index (χ1v) is 5.31. The molecule has 1 aromatic rings. The van der Waals surface area contributed by atoms with Crippen molar-refractivity contribution in [3.63, 3.8) is 0 Å². The zero-order valence-corrected chi connectivity index (χ0v) is 9.88. The van der Waals surface area contributed by atoms with E-state index in [-0.39, 0.29) is 6.61 Å². The molecule has 0 aliphatic heterocycles. The molecule has 0 aromatic heterocycles. The molecule has 0 N–H and O–H groups in total. The Kier molecular flexibility index (Phi) is 4.63. The number of Topliss-reactive ketones (excluding diaryl/α,β-unsaturated/α-hetero) is 1. The topological polar surface area (TPSA) is 43.4 Å².